The first-order valence-corrected chi connectivity index (χ1v) is 14.3. The number of Topliss-reactive ketones (excluding diaryl/α,β-unsaturated/α-hetero) is 2. The Morgan fingerprint density at radius 1 is 1.06 bits per heavy atom. The number of carbonyl (C=O) groups is 2. The van der Waals surface area contributed by atoms with Gasteiger partial charge in [-0.1, -0.05) is 24.3 Å². The topological polar surface area (TPSA) is 80.8 Å². The molecule has 1 aliphatic rings. The van der Waals surface area contributed by atoms with Crippen LogP contribution >= 0.6 is 11.8 Å². The zero-order chi connectivity index (χ0) is 25.4. The number of rotatable bonds is 8. The number of ketones is 2. The van der Waals surface area contributed by atoms with Crippen LogP contribution in [0.25, 0.3) is 0 Å². The maximum Gasteiger partial charge on any atom is 0.211 e. The zero-order valence-corrected chi connectivity index (χ0v) is 22.5. The highest BCUT2D eigenvalue weighted by Gasteiger charge is 2.42. The van der Waals surface area contributed by atoms with Crippen LogP contribution in [0.5, 0.6) is 5.75 Å². The second kappa shape index (κ2) is 9.84. The molecule has 34 heavy (non-hydrogen) atoms. The molecule has 0 N–H and O–H groups in total. The van der Waals surface area contributed by atoms with Crippen molar-refractivity contribution in [2.24, 2.45) is 5.92 Å². The van der Waals surface area contributed by atoms with Crippen LogP contribution in [-0.4, -0.2) is 55.5 Å². The van der Waals surface area contributed by atoms with E-state index >= 15 is 0 Å². The number of hydrogen-bond donors (Lipinski definition) is 0. The molecule has 0 radical (unpaired) electrons. The molecule has 0 bridgehead atoms. The summed E-state index contributed by atoms with van der Waals surface area (Å²) >= 11 is 1.60. The summed E-state index contributed by atoms with van der Waals surface area (Å²) in [5, 5.41) is 0. The fraction of sp³-hybridized carbons (Fsp3) is 0.462. The Morgan fingerprint density at radius 3 is 2.09 bits per heavy atom. The first-order valence-electron chi connectivity index (χ1n) is 11.2. The van der Waals surface area contributed by atoms with Gasteiger partial charge in [0.2, 0.25) is 10.0 Å². The molecular formula is C26H33NO5S2. The Balaban J connectivity index is 2.00. The minimum absolute atomic E-state index is 0.0582. The summed E-state index contributed by atoms with van der Waals surface area (Å²) < 4.78 is 32.2. The van der Waals surface area contributed by atoms with Crippen molar-refractivity contribution in [1.82, 2.24) is 4.31 Å². The van der Waals surface area contributed by atoms with Crippen LogP contribution in [0.1, 0.15) is 53.7 Å². The van der Waals surface area contributed by atoms with Crippen molar-refractivity contribution in [3.05, 3.63) is 58.7 Å². The van der Waals surface area contributed by atoms with Gasteiger partial charge in [0.1, 0.15) is 5.75 Å². The molecule has 1 fully saturated rings. The third kappa shape index (κ3) is 5.56. The van der Waals surface area contributed by atoms with Crippen molar-refractivity contribution in [3.8, 4) is 5.75 Å². The number of ether oxygens (including phenoxy) is 1. The molecule has 2 aromatic rings. The zero-order valence-electron chi connectivity index (χ0n) is 20.8. The molecule has 2 aromatic carbocycles. The first kappa shape index (κ1) is 26.4. The normalized spacial score (nSPS) is 19.3. The van der Waals surface area contributed by atoms with E-state index in [1.165, 1.54) is 17.5 Å². The summed E-state index contributed by atoms with van der Waals surface area (Å²) in [4.78, 5) is 26.5. The summed E-state index contributed by atoms with van der Waals surface area (Å²) in [5.74, 6) is -0.272. The summed E-state index contributed by atoms with van der Waals surface area (Å²) in [7, 11) is -3.45. The predicted molar refractivity (Wildman–Crippen MR) is 137 cm³/mol. The van der Waals surface area contributed by atoms with E-state index in [1.54, 1.807) is 25.6 Å². The fourth-order valence-corrected chi connectivity index (χ4v) is 5.57. The van der Waals surface area contributed by atoms with Gasteiger partial charge in [-0.25, -0.2) is 12.7 Å². The third-order valence-corrected chi connectivity index (χ3v) is 8.56. The predicted octanol–water partition coefficient (Wildman–Crippen LogP) is 4.63. The Bertz CT molecular complexity index is 1180. The molecule has 1 aliphatic heterocycles. The molecule has 1 heterocycles. The molecule has 184 valence electrons. The average Bonchev–Trinajstić information content (AvgIpc) is 3.21. The summed E-state index contributed by atoms with van der Waals surface area (Å²) in [5.41, 5.74) is 2.21. The van der Waals surface area contributed by atoms with Crippen molar-refractivity contribution in [2.45, 2.75) is 51.0 Å². The van der Waals surface area contributed by atoms with E-state index in [4.69, 9.17) is 4.74 Å². The van der Waals surface area contributed by atoms with Gasteiger partial charge < -0.3 is 4.74 Å². The van der Waals surface area contributed by atoms with E-state index in [9.17, 15) is 18.0 Å². The van der Waals surface area contributed by atoms with Crippen LogP contribution in [0.2, 0.25) is 0 Å². The van der Waals surface area contributed by atoms with Crippen LogP contribution in [0.15, 0.2) is 41.3 Å². The molecule has 8 heteroatoms. The highest BCUT2D eigenvalue weighted by Crippen LogP contribution is 2.39. The molecule has 0 aliphatic carbocycles. The van der Waals surface area contributed by atoms with Crippen LogP contribution in [0.4, 0.5) is 0 Å². The maximum atomic E-state index is 13.5. The molecule has 0 amide bonds. The number of aryl methyl sites for hydroxylation is 2. The first-order chi connectivity index (χ1) is 15.7. The Labute approximate surface area is 207 Å². The molecule has 1 saturated heterocycles. The highest BCUT2D eigenvalue weighted by molar-refractivity contribution is 7.98. The van der Waals surface area contributed by atoms with Gasteiger partial charge in [0, 0.05) is 35.4 Å². The molecule has 0 spiro atoms. The molecule has 6 nitrogen and oxygen atoms in total. The van der Waals surface area contributed by atoms with Gasteiger partial charge in [0.15, 0.2) is 17.2 Å². The van der Waals surface area contributed by atoms with Gasteiger partial charge in [-0.15, -0.1) is 11.8 Å². The van der Waals surface area contributed by atoms with E-state index in [1.807, 2.05) is 56.5 Å². The lowest BCUT2D eigenvalue weighted by Crippen LogP contribution is -2.36. The highest BCUT2D eigenvalue weighted by atomic mass is 32.2. The lowest BCUT2D eigenvalue weighted by molar-refractivity contribution is -0.129. The minimum Gasteiger partial charge on any atom is -0.480 e. The quantitative estimate of drug-likeness (QED) is 0.386. The van der Waals surface area contributed by atoms with Gasteiger partial charge in [-0.05, 0) is 69.7 Å². The van der Waals surface area contributed by atoms with Crippen molar-refractivity contribution >= 4 is 33.4 Å². The van der Waals surface area contributed by atoms with Gasteiger partial charge in [0.25, 0.3) is 0 Å². The average molecular weight is 504 g/mol. The van der Waals surface area contributed by atoms with E-state index in [0.717, 1.165) is 21.6 Å². The van der Waals surface area contributed by atoms with E-state index in [-0.39, 0.29) is 30.6 Å². The van der Waals surface area contributed by atoms with Gasteiger partial charge in [-0.2, -0.15) is 0 Å². The molecule has 2 unspecified atom stereocenters. The van der Waals surface area contributed by atoms with E-state index in [0.29, 0.717) is 11.3 Å². The summed E-state index contributed by atoms with van der Waals surface area (Å²) in [6, 6.07) is 11.3. The maximum absolute atomic E-state index is 13.5. The molecule has 2 atom stereocenters. The van der Waals surface area contributed by atoms with Gasteiger partial charge >= 0.3 is 0 Å². The standard InChI is InChI=1S/C26H33NO5S2/c1-16-12-20(13-17(2)25(16)32-26(4,5)18(3)28)22-14-27(34(7,30)31)15-23(22)24(29)19-8-10-21(33-6)11-9-19/h8-13,22-23H,14-15H2,1-7H3. The van der Waals surface area contributed by atoms with Crippen molar-refractivity contribution in [1.29, 1.82) is 0 Å². The number of thioether (sulfide) groups is 1. The molecule has 0 saturated carbocycles. The second-order valence-corrected chi connectivity index (χ2v) is 12.4. The van der Waals surface area contributed by atoms with Crippen LogP contribution in [0.3, 0.4) is 0 Å². The van der Waals surface area contributed by atoms with E-state index < -0.39 is 21.5 Å². The lowest BCUT2D eigenvalue weighted by atomic mass is 9.82. The lowest BCUT2D eigenvalue weighted by Gasteiger charge is -2.27. The third-order valence-electron chi connectivity index (χ3n) is 6.58. The van der Waals surface area contributed by atoms with Crippen LogP contribution in [0, 0.1) is 19.8 Å². The smallest absolute Gasteiger partial charge is 0.211 e. The number of carbonyl (C=O) groups excluding carboxylic acids is 2. The van der Waals surface area contributed by atoms with Crippen molar-refractivity contribution in [2.75, 3.05) is 25.6 Å². The largest absolute Gasteiger partial charge is 0.480 e. The fourth-order valence-electron chi connectivity index (χ4n) is 4.30. The SMILES string of the molecule is CSc1ccc(C(=O)C2CN(S(C)(=O)=O)CC2c2cc(C)c(OC(C)(C)C(C)=O)c(C)c2)cc1. The van der Waals surface area contributed by atoms with Gasteiger partial charge in [-0.3, -0.25) is 9.59 Å². The van der Waals surface area contributed by atoms with Crippen molar-refractivity contribution in [3.63, 3.8) is 0 Å². The Kier molecular flexibility index (Phi) is 7.65. The van der Waals surface area contributed by atoms with Crippen LogP contribution in [-0.2, 0) is 14.8 Å². The number of hydrogen-bond acceptors (Lipinski definition) is 6. The minimum atomic E-state index is -3.45. The van der Waals surface area contributed by atoms with Gasteiger partial charge in [0.05, 0.1) is 6.26 Å². The van der Waals surface area contributed by atoms with Crippen LogP contribution < -0.4 is 4.74 Å². The molecule has 0 aromatic heterocycles. The monoisotopic (exact) mass is 503 g/mol. The van der Waals surface area contributed by atoms with E-state index in [2.05, 4.69) is 0 Å². The molecule has 3 rings (SSSR count). The second-order valence-electron chi connectivity index (χ2n) is 9.54. The Morgan fingerprint density at radius 2 is 1.62 bits per heavy atom. The number of nitrogens with zero attached hydrogens (tertiary/aromatic N) is 1. The summed E-state index contributed by atoms with van der Waals surface area (Å²) in [6.45, 7) is 9.18. The molecular weight excluding hydrogens is 470 g/mol. The number of benzene rings is 2. The Hall–Kier alpha value is -2.16. The van der Waals surface area contributed by atoms with Crippen molar-refractivity contribution < 1.29 is 22.7 Å². The number of sulfonamides is 1. The summed E-state index contributed by atoms with van der Waals surface area (Å²) in [6.07, 6.45) is 3.16.